The molecule has 78 valence electrons. The summed E-state index contributed by atoms with van der Waals surface area (Å²) in [5.74, 6) is 0.620. The van der Waals surface area contributed by atoms with Crippen molar-refractivity contribution in [1.82, 2.24) is 10.1 Å². The molecule has 0 saturated heterocycles. The minimum absolute atomic E-state index is 0.435. The largest absolute Gasteiger partial charge is 0.399 e. The number of anilines is 2. The smallest absolute Gasteiger partial charge is 0.321 e. The van der Waals surface area contributed by atoms with E-state index in [1.54, 1.807) is 6.92 Å². The van der Waals surface area contributed by atoms with Crippen molar-refractivity contribution < 1.29 is 4.52 Å². The van der Waals surface area contributed by atoms with E-state index < -0.39 is 0 Å². The molecule has 2 aromatic rings. The fraction of sp³-hybridized carbons (Fsp3) is 0.200. The third-order valence-corrected chi connectivity index (χ3v) is 1.95. The number of nitrogens with one attached hydrogen (secondary N) is 1. The van der Waals surface area contributed by atoms with E-state index >= 15 is 0 Å². The van der Waals surface area contributed by atoms with Crippen LogP contribution < -0.4 is 11.1 Å². The molecule has 3 N–H and O–H groups in total. The van der Waals surface area contributed by atoms with E-state index in [0.29, 0.717) is 18.4 Å². The molecule has 0 bridgehead atoms. The van der Waals surface area contributed by atoms with Gasteiger partial charge in [0.1, 0.15) is 0 Å². The molecule has 5 nitrogen and oxygen atoms in total. The van der Waals surface area contributed by atoms with Crippen molar-refractivity contribution in [2.24, 2.45) is 0 Å². The van der Waals surface area contributed by atoms with Gasteiger partial charge in [0.15, 0.2) is 5.82 Å². The van der Waals surface area contributed by atoms with Gasteiger partial charge in [-0.05, 0) is 24.6 Å². The molecule has 0 aliphatic carbocycles. The quantitative estimate of drug-likeness (QED) is 0.742. The highest BCUT2D eigenvalue weighted by molar-refractivity contribution is 5.40. The van der Waals surface area contributed by atoms with E-state index in [-0.39, 0.29) is 0 Å². The van der Waals surface area contributed by atoms with E-state index in [4.69, 9.17) is 10.3 Å². The Hall–Kier alpha value is -2.04. The maximum absolute atomic E-state index is 5.58. The van der Waals surface area contributed by atoms with Gasteiger partial charge in [-0.3, -0.25) is 0 Å². The van der Waals surface area contributed by atoms with Crippen molar-refractivity contribution in [1.29, 1.82) is 0 Å². The lowest BCUT2D eigenvalue weighted by Gasteiger charge is -2.01. The molecule has 0 amide bonds. The molecule has 2 rings (SSSR count). The Kier molecular flexibility index (Phi) is 2.53. The molecular formula is C10H12N4O. The number of nitrogens with zero attached hydrogens (tertiary/aromatic N) is 2. The molecule has 15 heavy (non-hydrogen) atoms. The topological polar surface area (TPSA) is 77.0 Å². The van der Waals surface area contributed by atoms with Gasteiger partial charge in [0.05, 0.1) is 0 Å². The number of rotatable bonds is 3. The molecule has 0 spiro atoms. The summed E-state index contributed by atoms with van der Waals surface area (Å²) in [5.41, 5.74) is 7.44. The van der Waals surface area contributed by atoms with Gasteiger partial charge in [-0.15, -0.1) is 0 Å². The summed E-state index contributed by atoms with van der Waals surface area (Å²) in [6.07, 6.45) is 0. The molecule has 1 aromatic carbocycles. The summed E-state index contributed by atoms with van der Waals surface area (Å²) < 4.78 is 4.91. The summed E-state index contributed by atoms with van der Waals surface area (Å²) in [6, 6.07) is 8.05. The Morgan fingerprint density at radius 1 is 1.33 bits per heavy atom. The Morgan fingerprint density at radius 3 is 2.67 bits per heavy atom. The zero-order chi connectivity index (χ0) is 10.7. The van der Waals surface area contributed by atoms with Crippen molar-refractivity contribution in [3.63, 3.8) is 0 Å². The van der Waals surface area contributed by atoms with Crippen molar-refractivity contribution in [3.8, 4) is 0 Å². The van der Waals surface area contributed by atoms with Crippen LogP contribution in [0.5, 0.6) is 0 Å². The number of nitrogen functional groups attached to an aromatic ring is 1. The van der Waals surface area contributed by atoms with Crippen molar-refractivity contribution in [2.45, 2.75) is 13.5 Å². The summed E-state index contributed by atoms with van der Waals surface area (Å²) in [5, 5.41) is 6.69. The lowest BCUT2D eigenvalue weighted by molar-refractivity contribution is 0.425. The number of hydrogen-bond acceptors (Lipinski definition) is 5. The van der Waals surface area contributed by atoms with Gasteiger partial charge in [0.2, 0.25) is 0 Å². The molecule has 0 aliphatic heterocycles. The van der Waals surface area contributed by atoms with E-state index in [1.165, 1.54) is 0 Å². The summed E-state index contributed by atoms with van der Waals surface area (Å²) in [7, 11) is 0. The fourth-order valence-corrected chi connectivity index (χ4v) is 1.18. The molecule has 1 aromatic heterocycles. The molecular weight excluding hydrogens is 192 g/mol. The maximum Gasteiger partial charge on any atom is 0.321 e. The number of hydrogen-bond donors (Lipinski definition) is 2. The molecule has 0 unspecified atom stereocenters. The lowest BCUT2D eigenvalue weighted by atomic mass is 10.2. The number of benzene rings is 1. The third kappa shape index (κ3) is 2.46. The van der Waals surface area contributed by atoms with Crippen LogP contribution in [-0.2, 0) is 6.54 Å². The second-order valence-electron chi connectivity index (χ2n) is 3.24. The van der Waals surface area contributed by atoms with E-state index in [1.807, 2.05) is 24.3 Å². The average molecular weight is 204 g/mol. The molecule has 1 heterocycles. The van der Waals surface area contributed by atoms with Gasteiger partial charge in [0.25, 0.3) is 0 Å². The van der Waals surface area contributed by atoms with Gasteiger partial charge in [-0.1, -0.05) is 17.3 Å². The van der Waals surface area contributed by atoms with E-state index in [0.717, 1.165) is 11.3 Å². The summed E-state index contributed by atoms with van der Waals surface area (Å²) in [6.45, 7) is 2.42. The molecule has 0 saturated carbocycles. The van der Waals surface area contributed by atoms with Gasteiger partial charge in [-0.25, -0.2) is 0 Å². The highest BCUT2D eigenvalue weighted by Crippen LogP contribution is 2.08. The zero-order valence-corrected chi connectivity index (χ0v) is 8.40. The van der Waals surface area contributed by atoms with E-state index in [2.05, 4.69) is 15.5 Å². The normalized spacial score (nSPS) is 10.2. The minimum atomic E-state index is 0.435. The highest BCUT2D eigenvalue weighted by atomic mass is 16.5. The third-order valence-electron chi connectivity index (χ3n) is 1.95. The Morgan fingerprint density at radius 2 is 2.07 bits per heavy atom. The van der Waals surface area contributed by atoms with Crippen molar-refractivity contribution in [2.75, 3.05) is 11.1 Å². The van der Waals surface area contributed by atoms with Crippen LogP contribution in [0, 0.1) is 6.92 Å². The second-order valence-corrected chi connectivity index (χ2v) is 3.24. The first-order valence-corrected chi connectivity index (χ1v) is 4.62. The fourth-order valence-electron chi connectivity index (χ4n) is 1.18. The maximum atomic E-state index is 5.58. The van der Waals surface area contributed by atoms with Crippen molar-refractivity contribution in [3.05, 3.63) is 35.7 Å². The van der Waals surface area contributed by atoms with Crippen LogP contribution in [0.15, 0.2) is 28.8 Å². The molecule has 0 fully saturated rings. The number of aromatic nitrogens is 2. The Bertz CT molecular complexity index is 435. The summed E-state index contributed by atoms with van der Waals surface area (Å²) in [4.78, 5) is 4.03. The first-order valence-electron chi connectivity index (χ1n) is 4.62. The van der Waals surface area contributed by atoms with E-state index in [9.17, 15) is 0 Å². The summed E-state index contributed by atoms with van der Waals surface area (Å²) >= 11 is 0. The van der Waals surface area contributed by atoms with Crippen LogP contribution in [-0.4, -0.2) is 10.1 Å². The molecule has 5 heteroatoms. The zero-order valence-electron chi connectivity index (χ0n) is 8.40. The predicted molar refractivity (Wildman–Crippen MR) is 57.2 cm³/mol. The van der Waals surface area contributed by atoms with Crippen LogP contribution in [0.3, 0.4) is 0 Å². The highest BCUT2D eigenvalue weighted by Gasteiger charge is 2.00. The minimum Gasteiger partial charge on any atom is -0.399 e. The van der Waals surface area contributed by atoms with Gasteiger partial charge >= 0.3 is 6.01 Å². The standard InChI is InChI=1S/C10H12N4O/c1-7-13-10(15-14-7)12-6-8-2-4-9(11)5-3-8/h2-5H,6,11H2,1H3,(H,12,13,14). The monoisotopic (exact) mass is 204 g/mol. The lowest BCUT2D eigenvalue weighted by Crippen LogP contribution is -1.99. The second kappa shape index (κ2) is 4.00. The Balaban J connectivity index is 1.96. The first kappa shape index (κ1) is 9.51. The Labute approximate surface area is 87.3 Å². The van der Waals surface area contributed by atoms with Crippen LogP contribution in [0.4, 0.5) is 11.7 Å². The van der Waals surface area contributed by atoms with Crippen molar-refractivity contribution >= 4 is 11.7 Å². The SMILES string of the molecule is Cc1noc(NCc2ccc(N)cc2)n1. The molecule has 0 atom stereocenters. The molecule has 0 aliphatic rings. The van der Waals surface area contributed by atoms with Crippen LogP contribution >= 0.6 is 0 Å². The van der Waals surface area contributed by atoms with Crippen LogP contribution in [0.1, 0.15) is 11.4 Å². The predicted octanol–water partition coefficient (Wildman–Crippen LogP) is 1.57. The van der Waals surface area contributed by atoms with Gasteiger partial charge in [-0.2, -0.15) is 4.98 Å². The van der Waals surface area contributed by atoms with Gasteiger partial charge in [0, 0.05) is 12.2 Å². The molecule has 0 radical (unpaired) electrons. The average Bonchev–Trinajstić information content (AvgIpc) is 2.64. The first-order chi connectivity index (χ1) is 7.24. The van der Waals surface area contributed by atoms with Crippen LogP contribution in [0.25, 0.3) is 0 Å². The number of nitrogens with two attached hydrogens (primary N) is 1. The number of aryl methyl sites for hydroxylation is 1. The van der Waals surface area contributed by atoms with Crippen LogP contribution in [0.2, 0.25) is 0 Å². The van der Waals surface area contributed by atoms with Gasteiger partial charge < -0.3 is 15.6 Å².